The van der Waals surface area contributed by atoms with Crippen molar-refractivity contribution in [3.8, 4) is 5.75 Å². The number of fused-ring (bicyclic) bond motifs is 1. The van der Waals surface area contributed by atoms with Crippen molar-refractivity contribution in [2.24, 2.45) is 5.73 Å². The molecule has 1 saturated heterocycles. The van der Waals surface area contributed by atoms with Crippen molar-refractivity contribution >= 4 is 11.9 Å². The quantitative estimate of drug-likeness (QED) is 0.901. The zero-order valence-electron chi connectivity index (χ0n) is 13.3. The van der Waals surface area contributed by atoms with Gasteiger partial charge in [0.15, 0.2) is 5.78 Å². The van der Waals surface area contributed by atoms with Gasteiger partial charge >= 0.3 is 6.09 Å². The summed E-state index contributed by atoms with van der Waals surface area (Å²) in [7, 11) is 0. The minimum Gasteiger partial charge on any atom is -0.484 e. The van der Waals surface area contributed by atoms with Gasteiger partial charge in [0.2, 0.25) is 0 Å². The molecule has 1 spiro atoms. The Morgan fingerprint density at radius 2 is 2.09 bits per heavy atom. The van der Waals surface area contributed by atoms with Gasteiger partial charge in [0.05, 0.1) is 12.2 Å². The molecule has 1 fully saturated rings. The first kappa shape index (κ1) is 15.8. The van der Waals surface area contributed by atoms with E-state index in [1.54, 1.807) is 23.1 Å². The number of ether oxygens (including phenoxy) is 2. The first-order valence-corrected chi connectivity index (χ1v) is 8.07. The second-order valence-electron chi connectivity index (χ2n) is 6.11. The van der Waals surface area contributed by atoms with Gasteiger partial charge in [0.25, 0.3) is 0 Å². The van der Waals surface area contributed by atoms with E-state index in [-0.39, 0.29) is 11.9 Å². The minimum atomic E-state index is -0.729. The number of piperidine rings is 1. The Kier molecular flexibility index (Phi) is 4.26. The van der Waals surface area contributed by atoms with Crippen molar-refractivity contribution in [2.75, 3.05) is 19.7 Å². The Balaban J connectivity index is 1.73. The molecular formula is C17H22N2O4. The molecule has 2 aliphatic heterocycles. The van der Waals surface area contributed by atoms with Gasteiger partial charge in [-0.05, 0) is 18.6 Å². The smallest absolute Gasteiger partial charge is 0.409 e. The Bertz CT molecular complexity index is 608. The van der Waals surface area contributed by atoms with Crippen LogP contribution in [-0.4, -0.2) is 48.1 Å². The van der Waals surface area contributed by atoms with Crippen LogP contribution < -0.4 is 10.5 Å². The Morgan fingerprint density at radius 3 is 2.78 bits per heavy atom. The standard InChI is InChI=1S/C17H22N2O4/c1-2-11-22-16(21)19-9-7-17(8-10-19)15(18)14(20)12-5-3-4-6-13(12)23-17/h3-6,15H,2,7-11,18H2,1H3. The maximum atomic E-state index is 12.5. The van der Waals surface area contributed by atoms with Crippen LogP contribution in [-0.2, 0) is 4.74 Å². The predicted molar refractivity (Wildman–Crippen MR) is 84.6 cm³/mol. The lowest BCUT2D eigenvalue weighted by Gasteiger charge is -2.46. The van der Waals surface area contributed by atoms with E-state index in [1.807, 2.05) is 13.0 Å². The highest BCUT2D eigenvalue weighted by Crippen LogP contribution is 2.38. The van der Waals surface area contributed by atoms with E-state index in [4.69, 9.17) is 15.2 Å². The number of rotatable bonds is 2. The summed E-state index contributed by atoms with van der Waals surface area (Å²) >= 11 is 0. The Labute approximate surface area is 135 Å². The summed E-state index contributed by atoms with van der Waals surface area (Å²) in [6, 6.07) is 6.47. The monoisotopic (exact) mass is 318 g/mol. The Morgan fingerprint density at radius 1 is 1.39 bits per heavy atom. The molecule has 1 aromatic carbocycles. The van der Waals surface area contributed by atoms with Gasteiger partial charge in [-0.15, -0.1) is 0 Å². The highest BCUT2D eigenvalue weighted by Gasteiger charge is 2.49. The van der Waals surface area contributed by atoms with Gasteiger partial charge in [-0.25, -0.2) is 4.79 Å². The molecule has 124 valence electrons. The van der Waals surface area contributed by atoms with Crippen LogP contribution in [0.15, 0.2) is 24.3 Å². The van der Waals surface area contributed by atoms with Crippen molar-refractivity contribution in [2.45, 2.75) is 37.8 Å². The molecule has 2 aliphatic rings. The highest BCUT2D eigenvalue weighted by atomic mass is 16.6. The molecule has 0 aromatic heterocycles. The third kappa shape index (κ3) is 2.79. The average Bonchev–Trinajstić information content (AvgIpc) is 2.58. The average molecular weight is 318 g/mol. The molecule has 1 amide bonds. The van der Waals surface area contributed by atoms with E-state index in [0.29, 0.717) is 43.9 Å². The zero-order valence-corrected chi connectivity index (χ0v) is 13.3. The summed E-state index contributed by atoms with van der Waals surface area (Å²) in [5.74, 6) is 0.495. The molecule has 0 radical (unpaired) electrons. The fourth-order valence-electron chi connectivity index (χ4n) is 3.21. The molecule has 23 heavy (non-hydrogen) atoms. The van der Waals surface area contributed by atoms with E-state index in [0.717, 1.165) is 6.42 Å². The summed E-state index contributed by atoms with van der Waals surface area (Å²) in [5, 5.41) is 0. The summed E-state index contributed by atoms with van der Waals surface area (Å²) in [6.45, 7) is 3.33. The number of nitrogens with two attached hydrogens (primary N) is 1. The second-order valence-corrected chi connectivity index (χ2v) is 6.11. The van der Waals surface area contributed by atoms with Crippen LogP contribution >= 0.6 is 0 Å². The molecule has 1 aromatic rings. The van der Waals surface area contributed by atoms with E-state index in [1.165, 1.54) is 0 Å². The number of carbonyl (C=O) groups excluding carboxylic acids is 2. The van der Waals surface area contributed by atoms with Crippen LogP contribution in [0.1, 0.15) is 36.5 Å². The van der Waals surface area contributed by atoms with Gasteiger partial charge in [-0.1, -0.05) is 19.1 Å². The van der Waals surface area contributed by atoms with Crippen molar-refractivity contribution < 1.29 is 19.1 Å². The third-order valence-electron chi connectivity index (χ3n) is 4.61. The van der Waals surface area contributed by atoms with Crippen LogP contribution in [0, 0.1) is 0 Å². The summed E-state index contributed by atoms with van der Waals surface area (Å²) in [5.41, 5.74) is 6.00. The number of hydrogen-bond donors (Lipinski definition) is 1. The number of para-hydroxylation sites is 1. The normalized spacial score (nSPS) is 22.4. The molecule has 2 N–H and O–H groups in total. The first-order valence-electron chi connectivity index (χ1n) is 8.07. The second kappa shape index (κ2) is 6.20. The van der Waals surface area contributed by atoms with E-state index in [9.17, 15) is 9.59 Å². The summed E-state index contributed by atoms with van der Waals surface area (Å²) in [4.78, 5) is 26.1. The van der Waals surface area contributed by atoms with Gasteiger partial charge in [0.1, 0.15) is 17.4 Å². The van der Waals surface area contributed by atoms with Gasteiger partial charge in [0, 0.05) is 25.9 Å². The van der Waals surface area contributed by atoms with Crippen molar-refractivity contribution in [1.82, 2.24) is 4.90 Å². The maximum absolute atomic E-state index is 12.5. The molecule has 0 saturated carbocycles. The van der Waals surface area contributed by atoms with Crippen molar-refractivity contribution in [3.05, 3.63) is 29.8 Å². The first-order chi connectivity index (χ1) is 11.1. The van der Waals surface area contributed by atoms with Crippen molar-refractivity contribution in [1.29, 1.82) is 0 Å². The number of likely N-dealkylation sites (tertiary alicyclic amines) is 1. The molecule has 6 nitrogen and oxygen atoms in total. The SMILES string of the molecule is CCCOC(=O)N1CCC2(CC1)Oc1ccccc1C(=O)C2N. The van der Waals surface area contributed by atoms with Crippen LogP contribution in [0.5, 0.6) is 5.75 Å². The maximum Gasteiger partial charge on any atom is 0.409 e. The topological polar surface area (TPSA) is 81.9 Å². The van der Waals surface area contributed by atoms with Crippen molar-refractivity contribution in [3.63, 3.8) is 0 Å². The number of amides is 1. The fourth-order valence-corrected chi connectivity index (χ4v) is 3.21. The minimum absolute atomic E-state index is 0.0890. The predicted octanol–water partition coefficient (Wildman–Crippen LogP) is 1.97. The number of carbonyl (C=O) groups is 2. The third-order valence-corrected chi connectivity index (χ3v) is 4.61. The van der Waals surface area contributed by atoms with Gasteiger partial charge in [-0.3, -0.25) is 4.79 Å². The largest absolute Gasteiger partial charge is 0.484 e. The van der Waals surface area contributed by atoms with Crippen LogP contribution in [0.25, 0.3) is 0 Å². The summed E-state index contributed by atoms with van der Waals surface area (Å²) < 4.78 is 11.3. The lowest BCUT2D eigenvalue weighted by atomic mass is 9.78. The lowest BCUT2D eigenvalue weighted by Crippen LogP contribution is -2.63. The zero-order chi connectivity index (χ0) is 16.4. The highest BCUT2D eigenvalue weighted by molar-refractivity contribution is 6.04. The fraction of sp³-hybridized carbons (Fsp3) is 0.529. The number of ketones is 1. The number of benzene rings is 1. The van der Waals surface area contributed by atoms with Gasteiger partial charge in [-0.2, -0.15) is 0 Å². The number of hydrogen-bond acceptors (Lipinski definition) is 5. The molecule has 2 heterocycles. The molecule has 0 bridgehead atoms. The van der Waals surface area contributed by atoms with Crippen LogP contribution in [0.3, 0.4) is 0 Å². The molecule has 0 aliphatic carbocycles. The van der Waals surface area contributed by atoms with Crippen LogP contribution in [0.2, 0.25) is 0 Å². The Hall–Kier alpha value is -2.08. The van der Waals surface area contributed by atoms with E-state index >= 15 is 0 Å². The van der Waals surface area contributed by atoms with Gasteiger partial charge < -0.3 is 20.1 Å². The molecule has 6 heteroatoms. The molecule has 3 rings (SSSR count). The molecule has 1 unspecified atom stereocenters. The van der Waals surface area contributed by atoms with E-state index in [2.05, 4.69) is 0 Å². The molecular weight excluding hydrogens is 296 g/mol. The summed E-state index contributed by atoms with van der Waals surface area (Å²) in [6.07, 6.45) is 1.53. The number of nitrogens with zero attached hydrogens (tertiary/aromatic N) is 1. The molecule has 1 atom stereocenters. The number of Topliss-reactive ketones (excluding diaryl/α,β-unsaturated/α-hetero) is 1. The van der Waals surface area contributed by atoms with E-state index < -0.39 is 11.6 Å². The van der Waals surface area contributed by atoms with Crippen LogP contribution in [0.4, 0.5) is 4.79 Å². The lowest BCUT2D eigenvalue weighted by molar-refractivity contribution is -0.0203.